The van der Waals surface area contributed by atoms with Gasteiger partial charge in [0, 0.05) is 6.07 Å². The van der Waals surface area contributed by atoms with E-state index in [1.807, 2.05) is 0 Å². The maximum absolute atomic E-state index is 12.8. The molecule has 2 aromatic carbocycles. The summed E-state index contributed by atoms with van der Waals surface area (Å²) < 4.78 is 15.2. The average Bonchev–Trinajstić information content (AvgIpc) is 3.06. The molecule has 0 bridgehead atoms. The number of hydrazine groups is 1. The van der Waals surface area contributed by atoms with Gasteiger partial charge in [0.05, 0.1) is 24.3 Å². The minimum absolute atomic E-state index is 0.0248. The van der Waals surface area contributed by atoms with Crippen molar-refractivity contribution in [2.45, 2.75) is 6.92 Å². The lowest BCUT2D eigenvalue weighted by Crippen LogP contribution is -2.35. The number of para-hydroxylation sites is 1. The van der Waals surface area contributed by atoms with E-state index in [2.05, 4.69) is 10.2 Å². The SMILES string of the molecule is CCOc1cc(/C=C2/C(=O)NN(c3ccccc3)C2=O)cc([N+](=O)[O-])c1OCC(=O)OC. The molecule has 0 atom stereocenters. The number of methoxy groups -OCH3 is 1. The van der Waals surface area contributed by atoms with Crippen LogP contribution in [0.5, 0.6) is 11.5 Å². The number of hydrogen-bond acceptors (Lipinski definition) is 8. The lowest BCUT2D eigenvalue weighted by atomic mass is 10.1. The second kappa shape index (κ2) is 9.60. The van der Waals surface area contributed by atoms with Crippen molar-refractivity contribution in [2.75, 3.05) is 25.3 Å². The number of nitrogens with zero attached hydrogens (tertiary/aromatic N) is 2. The van der Waals surface area contributed by atoms with Gasteiger partial charge in [0.1, 0.15) is 5.57 Å². The highest BCUT2D eigenvalue weighted by Crippen LogP contribution is 2.39. The maximum Gasteiger partial charge on any atom is 0.343 e. The Kier molecular flexibility index (Phi) is 6.68. The van der Waals surface area contributed by atoms with Gasteiger partial charge in [-0.2, -0.15) is 0 Å². The van der Waals surface area contributed by atoms with Crippen molar-refractivity contribution in [2.24, 2.45) is 0 Å². The number of anilines is 1. The van der Waals surface area contributed by atoms with Gasteiger partial charge in [0.25, 0.3) is 11.8 Å². The van der Waals surface area contributed by atoms with E-state index in [-0.39, 0.29) is 29.2 Å². The molecule has 1 aliphatic rings. The highest BCUT2D eigenvalue weighted by Gasteiger charge is 2.35. The summed E-state index contributed by atoms with van der Waals surface area (Å²) in [6, 6.07) is 11.0. The van der Waals surface area contributed by atoms with Crippen molar-refractivity contribution in [3.8, 4) is 11.5 Å². The molecule has 1 fully saturated rings. The molecule has 1 N–H and O–H groups in total. The van der Waals surface area contributed by atoms with E-state index >= 15 is 0 Å². The van der Waals surface area contributed by atoms with Gasteiger partial charge in [-0.25, -0.2) is 9.80 Å². The number of carbonyl (C=O) groups is 3. The zero-order chi connectivity index (χ0) is 23.3. The monoisotopic (exact) mass is 441 g/mol. The summed E-state index contributed by atoms with van der Waals surface area (Å²) in [7, 11) is 1.15. The Balaban J connectivity index is 2.01. The molecule has 0 saturated carbocycles. The van der Waals surface area contributed by atoms with Crippen LogP contribution in [0.1, 0.15) is 12.5 Å². The van der Waals surface area contributed by atoms with Gasteiger partial charge in [0.15, 0.2) is 12.4 Å². The Labute approximate surface area is 182 Å². The largest absolute Gasteiger partial charge is 0.490 e. The number of rotatable bonds is 8. The van der Waals surface area contributed by atoms with E-state index in [1.54, 1.807) is 37.3 Å². The molecule has 11 nitrogen and oxygen atoms in total. The van der Waals surface area contributed by atoms with E-state index in [0.717, 1.165) is 18.2 Å². The standard InChI is InChI=1S/C21H19N3O8/c1-3-31-17-11-13(10-16(24(28)29)19(17)32-12-18(25)30-2)9-15-20(26)22-23(21(15)27)14-7-5-4-6-8-14/h4-11H,3,12H2,1-2H3,(H,22,26)/b15-9-. The van der Waals surface area contributed by atoms with Gasteiger partial charge < -0.3 is 14.2 Å². The predicted molar refractivity (Wildman–Crippen MR) is 112 cm³/mol. The summed E-state index contributed by atoms with van der Waals surface area (Å²) in [5.74, 6) is -2.30. The van der Waals surface area contributed by atoms with Gasteiger partial charge in [-0.15, -0.1) is 0 Å². The summed E-state index contributed by atoms with van der Waals surface area (Å²) in [6.07, 6.45) is 1.22. The first kappa shape index (κ1) is 22.3. The second-order valence-corrected chi connectivity index (χ2v) is 6.40. The molecule has 1 heterocycles. The maximum atomic E-state index is 12.8. The summed E-state index contributed by atoms with van der Waals surface area (Å²) >= 11 is 0. The molecule has 32 heavy (non-hydrogen) atoms. The van der Waals surface area contributed by atoms with E-state index < -0.39 is 35.0 Å². The molecule has 166 valence electrons. The van der Waals surface area contributed by atoms with Crippen molar-refractivity contribution < 1.29 is 33.5 Å². The summed E-state index contributed by atoms with van der Waals surface area (Å²) in [5.41, 5.74) is 2.36. The van der Waals surface area contributed by atoms with Crippen LogP contribution >= 0.6 is 0 Å². The fourth-order valence-electron chi connectivity index (χ4n) is 2.91. The lowest BCUT2D eigenvalue weighted by molar-refractivity contribution is -0.385. The van der Waals surface area contributed by atoms with Crippen molar-refractivity contribution in [3.05, 3.63) is 63.7 Å². The van der Waals surface area contributed by atoms with Crippen LogP contribution in [-0.2, 0) is 19.1 Å². The Morgan fingerprint density at radius 1 is 1.19 bits per heavy atom. The first-order chi connectivity index (χ1) is 15.3. The van der Waals surface area contributed by atoms with Crippen LogP contribution in [0.4, 0.5) is 11.4 Å². The molecule has 0 aromatic heterocycles. The van der Waals surface area contributed by atoms with Crippen LogP contribution in [0.15, 0.2) is 48.0 Å². The number of nitro groups is 1. The molecule has 0 spiro atoms. The smallest absolute Gasteiger partial charge is 0.343 e. The zero-order valence-electron chi connectivity index (χ0n) is 17.2. The molecule has 1 aliphatic heterocycles. The van der Waals surface area contributed by atoms with Crippen LogP contribution in [0.3, 0.4) is 0 Å². The van der Waals surface area contributed by atoms with E-state index in [4.69, 9.17) is 9.47 Å². The predicted octanol–water partition coefficient (Wildman–Crippen LogP) is 2.01. The molecule has 11 heteroatoms. The fourth-order valence-corrected chi connectivity index (χ4v) is 2.91. The molecule has 0 radical (unpaired) electrons. The van der Waals surface area contributed by atoms with Gasteiger partial charge in [0.2, 0.25) is 5.75 Å². The van der Waals surface area contributed by atoms with Gasteiger partial charge in [-0.3, -0.25) is 25.1 Å². The molecule has 0 aliphatic carbocycles. The average molecular weight is 441 g/mol. The highest BCUT2D eigenvalue weighted by molar-refractivity contribution is 6.31. The molecular formula is C21H19N3O8. The van der Waals surface area contributed by atoms with E-state index in [1.165, 1.54) is 12.1 Å². The minimum atomic E-state index is -0.734. The Morgan fingerprint density at radius 2 is 1.91 bits per heavy atom. The van der Waals surface area contributed by atoms with E-state index in [0.29, 0.717) is 5.69 Å². The van der Waals surface area contributed by atoms with Crippen LogP contribution in [0, 0.1) is 10.1 Å². The van der Waals surface area contributed by atoms with Crippen LogP contribution in [0.25, 0.3) is 6.08 Å². The summed E-state index contributed by atoms with van der Waals surface area (Å²) in [6.45, 7) is 1.24. The first-order valence-corrected chi connectivity index (χ1v) is 9.42. The van der Waals surface area contributed by atoms with Gasteiger partial charge >= 0.3 is 11.7 Å². The third kappa shape index (κ3) is 4.67. The summed E-state index contributed by atoms with van der Waals surface area (Å²) in [5, 5.41) is 12.7. The Hall–Kier alpha value is -4.41. The molecular weight excluding hydrogens is 422 g/mol. The normalized spacial score (nSPS) is 14.3. The lowest BCUT2D eigenvalue weighted by Gasteiger charge is -2.14. The van der Waals surface area contributed by atoms with Gasteiger partial charge in [-0.05, 0) is 36.8 Å². The number of benzene rings is 2. The number of carbonyl (C=O) groups excluding carboxylic acids is 3. The molecule has 3 rings (SSSR count). The molecule has 2 amide bonds. The van der Waals surface area contributed by atoms with Crippen LogP contribution in [-0.4, -0.2) is 43.0 Å². The summed E-state index contributed by atoms with van der Waals surface area (Å²) in [4.78, 5) is 47.5. The topological polar surface area (TPSA) is 137 Å². The highest BCUT2D eigenvalue weighted by atomic mass is 16.6. The molecule has 0 unspecified atom stereocenters. The Bertz CT molecular complexity index is 1100. The van der Waals surface area contributed by atoms with Crippen molar-refractivity contribution in [1.29, 1.82) is 0 Å². The fraction of sp³-hybridized carbons (Fsp3) is 0.190. The zero-order valence-corrected chi connectivity index (χ0v) is 17.2. The second-order valence-electron chi connectivity index (χ2n) is 6.40. The molecule has 2 aromatic rings. The van der Waals surface area contributed by atoms with Crippen LogP contribution in [0.2, 0.25) is 0 Å². The number of nitro benzene ring substituents is 1. The quantitative estimate of drug-likeness (QED) is 0.216. The first-order valence-electron chi connectivity index (χ1n) is 9.42. The number of amides is 2. The van der Waals surface area contributed by atoms with E-state index in [9.17, 15) is 24.5 Å². The minimum Gasteiger partial charge on any atom is -0.490 e. The van der Waals surface area contributed by atoms with Crippen molar-refractivity contribution >= 4 is 35.2 Å². The number of esters is 1. The van der Waals surface area contributed by atoms with Gasteiger partial charge in [-0.1, -0.05) is 18.2 Å². The third-order valence-corrected chi connectivity index (χ3v) is 4.33. The number of nitrogens with one attached hydrogen (secondary N) is 1. The van der Waals surface area contributed by atoms with Crippen LogP contribution < -0.4 is 19.9 Å². The number of ether oxygens (including phenoxy) is 3. The van der Waals surface area contributed by atoms with Crippen molar-refractivity contribution in [1.82, 2.24) is 5.43 Å². The Morgan fingerprint density at radius 3 is 2.53 bits per heavy atom. The third-order valence-electron chi connectivity index (χ3n) is 4.33. The molecule has 1 saturated heterocycles. The number of hydrogen-bond donors (Lipinski definition) is 1. The van der Waals surface area contributed by atoms with Crippen molar-refractivity contribution in [3.63, 3.8) is 0 Å².